The Hall–Kier alpha value is -0.900. The zero-order valence-electron chi connectivity index (χ0n) is 12.6. The van der Waals surface area contributed by atoms with E-state index in [0.717, 1.165) is 19.6 Å². The lowest BCUT2D eigenvalue weighted by atomic mass is 9.92. The van der Waals surface area contributed by atoms with E-state index < -0.39 is 0 Å². The second-order valence-corrected chi connectivity index (χ2v) is 5.75. The van der Waals surface area contributed by atoms with Crippen LogP contribution in [0, 0.1) is 20.8 Å². The molecular weight excluding hydrogens is 236 g/mol. The van der Waals surface area contributed by atoms with Crippen LogP contribution in [0.2, 0.25) is 0 Å². The number of rotatable bonds is 4. The van der Waals surface area contributed by atoms with Crippen molar-refractivity contribution >= 4 is 0 Å². The molecule has 0 bridgehead atoms. The Labute approximate surface area is 116 Å². The molecule has 0 amide bonds. The molecule has 106 valence electrons. The molecule has 3 nitrogen and oxygen atoms in total. The molecule has 0 saturated carbocycles. The number of hydrogen-bond donors (Lipinski definition) is 1. The van der Waals surface area contributed by atoms with E-state index in [9.17, 15) is 0 Å². The summed E-state index contributed by atoms with van der Waals surface area (Å²) >= 11 is 0. The van der Waals surface area contributed by atoms with Crippen LogP contribution in [0.15, 0.2) is 12.1 Å². The highest BCUT2D eigenvalue weighted by molar-refractivity contribution is 5.40. The van der Waals surface area contributed by atoms with Gasteiger partial charge >= 0.3 is 0 Å². The first kappa shape index (κ1) is 14.5. The Morgan fingerprint density at radius 1 is 1.32 bits per heavy atom. The van der Waals surface area contributed by atoms with E-state index in [-0.39, 0.29) is 6.04 Å². The Bertz CT molecular complexity index is 415. The van der Waals surface area contributed by atoms with Gasteiger partial charge in [-0.25, -0.2) is 0 Å². The van der Waals surface area contributed by atoms with Gasteiger partial charge in [0.2, 0.25) is 0 Å². The van der Waals surface area contributed by atoms with E-state index in [4.69, 9.17) is 10.5 Å². The number of aryl methyl sites for hydroxylation is 3. The van der Waals surface area contributed by atoms with Gasteiger partial charge in [-0.15, -0.1) is 0 Å². The fraction of sp³-hybridized carbons (Fsp3) is 0.625. The third-order valence-corrected chi connectivity index (χ3v) is 4.27. The van der Waals surface area contributed by atoms with Crippen molar-refractivity contribution in [3.05, 3.63) is 34.4 Å². The van der Waals surface area contributed by atoms with E-state index in [0.29, 0.717) is 12.6 Å². The van der Waals surface area contributed by atoms with Gasteiger partial charge in [-0.2, -0.15) is 0 Å². The van der Waals surface area contributed by atoms with Gasteiger partial charge in [-0.05, 0) is 50.9 Å². The molecule has 1 saturated heterocycles. The maximum atomic E-state index is 6.07. The van der Waals surface area contributed by atoms with Crippen LogP contribution in [0.25, 0.3) is 0 Å². The third-order valence-electron chi connectivity index (χ3n) is 4.27. The standard InChI is InChI=1S/C16H26N2O/c1-11-7-12(2)16(13(3)8-11)15(9-17)18(4)14-5-6-19-10-14/h7-8,14-15H,5-6,9-10,17H2,1-4H3. The predicted molar refractivity (Wildman–Crippen MR) is 79.4 cm³/mol. The monoisotopic (exact) mass is 262 g/mol. The molecule has 0 aliphatic carbocycles. The molecule has 2 atom stereocenters. The largest absolute Gasteiger partial charge is 0.380 e. The van der Waals surface area contributed by atoms with Crippen LogP contribution in [-0.4, -0.2) is 37.7 Å². The minimum absolute atomic E-state index is 0.285. The molecule has 0 spiro atoms. The lowest BCUT2D eigenvalue weighted by Gasteiger charge is -2.33. The first-order valence-corrected chi connectivity index (χ1v) is 7.12. The molecule has 0 aromatic heterocycles. The summed E-state index contributed by atoms with van der Waals surface area (Å²) in [7, 11) is 2.18. The molecule has 0 radical (unpaired) electrons. The zero-order chi connectivity index (χ0) is 14.0. The average Bonchev–Trinajstić information content (AvgIpc) is 2.86. The van der Waals surface area contributed by atoms with E-state index in [2.05, 4.69) is 44.9 Å². The van der Waals surface area contributed by atoms with Crippen LogP contribution < -0.4 is 5.73 Å². The molecular formula is C16H26N2O. The third kappa shape index (κ3) is 2.99. The van der Waals surface area contributed by atoms with Crippen LogP contribution in [0.1, 0.15) is 34.7 Å². The highest BCUT2D eigenvalue weighted by atomic mass is 16.5. The maximum absolute atomic E-state index is 6.07. The molecule has 2 rings (SSSR count). The number of hydrogen-bond acceptors (Lipinski definition) is 3. The summed E-state index contributed by atoms with van der Waals surface area (Å²) < 4.78 is 5.51. The summed E-state index contributed by atoms with van der Waals surface area (Å²) in [4.78, 5) is 2.40. The summed E-state index contributed by atoms with van der Waals surface area (Å²) in [6.45, 7) is 8.89. The lowest BCUT2D eigenvalue weighted by Crippen LogP contribution is -2.39. The molecule has 1 aliphatic rings. The van der Waals surface area contributed by atoms with Gasteiger partial charge in [0.1, 0.15) is 0 Å². The molecule has 2 N–H and O–H groups in total. The molecule has 1 aromatic rings. The molecule has 3 heteroatoms. The van der Waals surface area contributed by atoms with Crippen LogP contribution in [0.5, 0.6) is 0 Å². The molecule has 1 fully saturated rings. The van der Waals surface area contributed by atoms with Crippen molar-refractivity contribution in [3.63, 3.8) is 0 Å². The van der Waals surface area contributed by atoms with Crippen molar-refractivity contribution in [2.75, 3.05) is 26.8 Å². The Balaban J connectivity index is 2.31. The highest BCUT2D eigenvalue weighted by Gasteiger charge is 2.28. The minimum Gasteiger partial charge on any atom is -0.380 e. The summed E-state index contributed by atoms with van der Waals surface area (Å²) in [6, 6.07) is 5.29. The summed E-state index contributed by atoms with van der Waals surface area (Å²) in [6.07, 6.45) is 1.11. The highest BCUT2D eigenvalue weighted by Crippen LogP contribution is 2.29. The van der Waals surface area contributed by atoms with Gasteiger partial charge < -0.3 is 10.5 Å². The maximum Gasteiger partial charge on any atom is 0.0622 e. The Morgan fingerprint density at radius 2 is 1.95 bits per heavy atom. The topological polar surface area (TPSA) is 38.5 Å². The quantitative estimate of drug-likeness (QED) is 0.905. The van der Waals surface area contributed by atoms with Crippen LogP contribution in [0.3, 0.4) is 0 Å². The predicted octanol–water partition coefficient (Wildman–Crippen LogP) is 2.33. The molecule has 2 unspecified atom stereocenters. The molecule has 1 aliphatic heterocycles. The van der Waals surface area contributed by atoms with Crippen molar-refractivity contribution in [3.8, 4) is 0 Å². The van der Waals surface area contributed by atoms with Crippen molar-refractivity contribution in [1.29, 1.82) is 0 Å². The molecule has 1 aromatic carbocycles. The number of nitrogens with two attached hydrogens (primary N) is 1. The van der Waals surface area contributed by atoms with E-state index >= 15 is 0 Å². The number of benzene rings is 1. The fourth-order valence-electron chi connectivity index (χ4n) is 3.30. The first-order chi connectivity index (χ1) is 9.04. The molecule has 1 heterocycles. The average molecular weight is 262 g/mol. The van der Waals surface area contributed by atoms with Gasteiger partial charge in [-0.1, -0.05) is 17.7 Å². The number of likely N-dealkylation sites (N-methyl/N-ethyl adjacent to an activating group) is 1. The number of ether oxygens (including phenoxy) is 1. The fourth-order valence-corrected chi connectivity index (χ4v) is 3.30. The Morgan fingerprint density at radius 3 is 2.42 bits per heavy atom. The minimum atomic E-state index is 0.285. The first-order valence-electron chi connectivity index (χ1n) is 7.12. The van der Waals surface area contributed by atoms with E-state index in [1.54, 1.807) is 0 Å². The van der Waals surface area contributed by atoms with Gasteiger partial charge in [0.15, 0.2) is 0 Å². The van der Waals surface area contributed by atoms with Gasteiger partial charge in [-0.3, -0.25) is 4.90 Å². The number of nitrogens with zero attached hydrogens (tertiary/aromatic N) is 1. The van der Waals surface area contributed by atoms with E-state index in [1.165, 1.54) is 22.3 Å². The van der Waals surface area contributed by atoms with Crippen LogP contribution >= 0.6 is 0 Å². The van der Waals surface area contributed by atoms with Gasteiger partial charge in [0.05, 0.1) is 6.61 Å². The smallest absolute Gasteiger partial charge is 0.0622 e. The Kier molecular flexibility index (Phi) is 4.61. The van der Waals surface area contributed by atoms with Crippen molar-refractivity contribution < 1.29 is 4.74 Å². The SMILES string of the molecule is Cc1cc(C)c(C(CN)N(C)C2CCOC2)c(C)c1. The zero-order valence-corrected chi connectivity index (χ0v) is 12.6. The molecule has 19 heavy (non-hydrogen) atoms. The van der Waals surface area contributed by atoms with Crippen molar-refractivity contribution in [2.45, 2.75) is 39.3 Å². The van der Waals surface area contributed by atoms with Crippen LogP contribution in [0.4, 0.5) is 0 Å². The summed E-state index contributed by atoms with van der Waals surface area (Å²) in [5.41, 5.74) is 11.5. The van der Waals surface area contributed by atoms with Gasteiger partial charge in [0.25, 0.3) is 0 Å². The lowest BCUT2D eigenvalue weighted by molar-refractivity contribution is 0.134. The summed E-state index contributed by atoms with van der Waals surface area (Å²) in [5.74, 6) is 0. The normalized spacial score (nSPS) is 21.1. The second kappa shape index (κ2) is 6.04. The van der Waals surface area contributed by atoms with Gasteiger partial charge in [0, 0.05) is 25.2 Å². The van der Waals surface area contributed by atoms with Crippen molar-refractivity contribution in [1.82, 2.24) is 4.90 Å². The van der Waals surface area contributed by atoms with Crippen molar-refractivity contribution in [2.24, 2.45) is 5.73 Å². The van der Waals surface area contributed by atoms with E-state index in [1.807, 2.05) is 0 Å². The summed E-state index contributed by atoms with van der Waals surface area (Å²) in [5, 5.41) is 0. The van der Waals surface area contributed by atoms with Crippen LogP contribution in [-0.2, 0) is 4.74 Å². The second-order valence-electron chi connectivity index (χ2n) is 5.75.